The molecule has 7 rings (SSSR count). The number of amides is 2. The Morgan fingerprint density at radius 2 is 1.96 bits per heavy atom. The number of phenols is 2. The highest BCUT2D eigenvalue weighted by Crippen LogP contribution is 2.42. The molecule has 0 bridgehead atoms. The largest absolute Gasteiger partial charge is 0.512 e. The molecule has 2 aliphatic heterocycles. The molecule has 1 fully saturated rings. The van der Waals surface area contributed by atoms with Crippen LogP contribution >= 0.6 is 34.9 Å². The lowest BCUT2D eigenvalue weighted by atomic mass is 10.1. The summed E-state index contributed by atoms with van der Waals surface area (Å²) in [6.07, 6.45) is 0.836. The fourth-order valence-corrected chi connectivity index (χ4v) is 8.16. The number of hydrogen-bond acceptors (Lipinski definition) is 18. The Morgan fingerprint density at radius 3 is 2.70 bits per heavy atom. The fourth-order valence-electron chi connectivity index (χ4n) is 5.16. The molecule has 20 nitrogen and oxygen atoms in total. The number of aromatic hydroxyl groups is 3. The van der Waals surface area contributed by atoms with Gasteiger partial charge in [-0.2, -0.15) is 5.10 Å². The number of nitrogen functional groups attached to an aromatic ring is 1. The number of oxime groups is 1. The van der Waals surface area contributed by atoms with E-state index in [0.717, 1.165) is 22.4 Å². The van der Waals surface area contributed by atoms with Crippen LogP contribution in [-0.4, -0.2) is 101 Å². The van der Waals surface area contributed by atoms with Gasteiger partial charge in [0.25, 0.3) is 17.4 Å². The van der Waals surface area contributed by atoms with Crippen LogP contribution < -0.4 is 16.6 Å². The summed E-state index contributed by atoms with van der Waals surface area (Å²) in [7, 11) is 0. The van der Waals surface area contributed by atoms with Crippen LogP contribution in [0.3, 0.4) is 0 Å². The zero-order valence-corrected chi connectivity index (χ0v) is 29.0. The zero-order chi connectivity index (χ0) is 37.4. The molecule has 2 atom stereocenters. The molecule has 0 spiro atoms. The van der Waals surface area contributed by atoms with E-state index in [-0.39, 0.29) is 51.2 Å². The van der Waals surface area contributed by atoms with Crippen molar-refractivity contribution in [1.82, 2.24) is 39.8 Å². The highest BCUT2D eigenvalue weighted by atomic mass is 32.2. The van der Waals surface area contributed by atoms with E-state index in [1.807, 2.05) is 0 Å². The summed E-state index contributed by atoms with van der Waals surface area (Å²) >= 11 is 3.57. The third-order valence-corrected chi connectivity index (χ3v) is 10.7. The van der Waals surface area contributed by atoms with E-state index < -0.39 is 47.3 Å². The normalized spacial score (nSPS) is 17.0. The average molecular weight is 781 g/mol. The number of thiazole rings is 1. The van der Waals surface area contributed by atoms with E-state index in [9.17, 15) is 39.6 Å². The molecule has 8 N–H and O–H groups in total. The Kier molecular flexibility index (Phi) is 9.51. The standard InChI is InChI=1S/C30H24N10O10S3/c31-29-35-15(11-53-29)22(38-49-8-19-32-7-18(43)24(44)36-19)25(45)37-23-26(46)39-27(50-30(47)48)13(10-52-28(23)39)9-51-21-6-14(34-20-3-4-33-40(20)21)12-1-2-16(41)17(42)5-12/h1-7,11,23,28,41-43H,8-10H2,(H2,31,35)(H,37,45)(H,47,48)(H,32,36,44)/b38-22-/t23-,28-/m1/s1. The molecule has 1 aromatic carbocycles. The van der Waals surface area contributed by atoms with Crippen molar-refractivity contribution in [3.8, 4) is 28.5 Å². The van der Waals surface area contributed by atoms with Gasteiger partial charge in [0.1, 0.15) is 28.0 Å². The molecular formula is C30H24N10O10S3. The lowest BCUT2D eigenvalue weighted by molar-refractivity contribution is -0.148. The number of thioether (sulfide) groups is 2. The van der Waals surface area contributed by atoms with Crippen molar-refractivity contribution in [3.63, 3.8) is 0 Å². The van der Waals surface area contributed by atoms with Crippen molar-refractivity contribution in [2.45, 2.75) is 23.0 Å². The van der Waals surface area contributed by atoms with Gasteiger partial charge >= 0.3 is 6.16 Å². The maximum Gasteiger partial charge on any atom is 0.512 e. The van der Waals surface area contributed by atoms with Gasteiger partial charge in [-0.1, -0.05) is 5.16 Å². The molecular weight excluding hydrogens is 757 g/mol. The van der Waals surface area contributed by atoms with Gasteiger partial charge in [0.15, 0.2) is 40.3 Å². The predicted molar refractivity (Wildman–Crippen MR) is 188 cm³/mol. The number of nitrogens with two attached hydrogens (primary N) is 1. The Hall–Kier alpha value is -6.33. The molecule has 0 radical (unpaired) electrons. The van der Waals surface area contributed by atoms with Crippen LogP contribution in [-0.2, 0) is 25.8 Å². The lowest BCUT2D eigenvalue weighted by Gasteiger charge is -2.49. The van der Waals surface area contributed by atoms with Crippen molar-refractivity contribution >= 4 is 69.3 Å². The number of fused-ring (bicyclic) bond motifs is 2. The first-order valence-electron chi connectivity index (χ1n) is 15.0. The minimum absolute atomic E-state index is 0.000254. The molecule has 1 saturated heterocycles. The molecule has 0 saturated carbocycles. The highest BCUT2D eigenvalue weighted by Gasteiger charge is 2.54. The summed E-state index contributed by atoms with van der Waals surface area (Å²) in [5.74, 6) is -2.48. The Labute approximate surface area is 308 Å². The van der Waals surface area contributed by atoms with E-state index in [1.54, 1.807) is 28.9 Å². The van der Waals surface area contributed by atoms with Gasteiger partial charge in [-0.05, 0) is 24.3 Å². The third-order valence-electron chi connectivity index (χ3n) is 7.63. The second-order valence-electron chi connectivity index (χ2n) is 11.0. The van der Waals surface area contributed by atoms with Crippen LogP contribution in [0.15, 0.2) is 74.5 Å². The van der Waals surface area contributed by atoms with E-state index in [2.05, 4.69) is 35.5 Å². The van der Waals surface area contributed by atoms with Crippen molar-refractivity contribution in [2.75, 3.05) is 17.2 Å². The van der Waals surface area contributed by atoms with Gasteiger partial charge in [-0.25, -0.2) is 24.3 Å². The molecule has 5 aromatic rings. The van der Waals surface area contributed by atoms with Crippen LogP contribution in [0.2, 0.25) is 0 Å². The van der Waals surface area contributed by atoms with E-state index in [0.29, 0.717) is 27.5 Å². The minimum Gasteiger partial charge on any atom is -0.504 e. The van der Waals surface area contributed by atoms with Gasteiger partial charge in [0, 0.05) is 34.1 Å². The van der Waals surface area contributed by atoms with Gasteiger partial charge < -0.3 is 46.0 Å². The summed E-state index contributed by atoms with van der Waals surface area (Å²) in [6, 6.07) is 6.59. The molecule has 2 aliphatic rings. The van der Waals surface area contributed by atoms with Crippen LogP contribution in [0, 0.1) is 0 Å². The van der Waals surface area contributed by atoms with Crippen LogP contribution in [0.5, 0.6) is 17.2 Å². The summed E-state index contributed by atoms with van der Waals surface area (Å²) in [6.45, 7) is -0.394. The van der Waals surface area contributed by atoms with Crippen molar-refractivity contribution in [2.24, 2.45) is 5.16 Å². The number of rotatable bonds is 11. The average Bonchev–Trinajstić information content (AvgIpc) is 3.79. The van der Waals surface area contributed by atoms with E-state index >= 15 is 0 Å². The smallest absolute Gasteiger partial charge is 0.504 e. The molecule has 2 amide bonds. The predicted octanol–water partition coefficient (Wildman–Crippen LogP) is 1.65. The quantitative estimate of drug-likeness (QED) is 0.0191. The number of aromatic amines is 1. The molecule has 4 aromatic heterocycles. The molecule has 0 aliphatic carbocycles. The van der Waals surface area contributed by atoms with Crippen LogP contribution in [0.4, 0.5) is 9.93 Å². The number of aromatic nitrogens is 6. The maximum atomic E-state index is 13.5. The minimum atomic E-state index is -1.64. The van der Waals surface area contributed by atoms with Crippen LogP contribution in [0.25, 0.3) is 16.9 Å². The first-order valence-corrected chi connectivity index (χ1v) is 17.9. The number of ether oxygens (including phenoxy) is 1. The summed E-state index contributed by atoms with van der Waals surface area (Å²) < 4.78 is 6.71. The SMILES string of the molecule is Nc1nc(/C(=N/OCc2ncc(O)c(=O)[nH]2)C(=O)N[C@@H]2C(=O)N3C(OC(=O)O)=C(CSc4cc(-c5ccc(O)c(O)c5)nc5ccnn45)CS[C@H]23)cs1. The Bertz CT molecular complexity index is 2410. The number of benzene rings is 1. The van der Waals surface area contributed by atoms with Gasteiger partial charge in [0.2, 0.25) is 5.88 Å². The molecule has 53 heavy (non-hydrogen) atoms. The zero-order valence-electron chi connectivity index (χ0n) is 26.6. The van der Waals surface area contributed by atoms with E-state index in [4.69, 9.17) is 15.3 Å². The molecule has 272 valence electrons. The number of carboxylic acid groups (broad SMARTS) is 1. The second-order valence-corrected chi connectivity index (χ2v) is 14.0. The Balaban J connectivity index is 1.09. The number of carbonyl (C=O) groups excluding carboxylic acids is 2. The van der Waals surface area contributed by atoms with Crippen molar-refractivity contribution in [3.05, 3.63) is 81.4 Å². The number of anilines is 1. The van der Waals surface area contributed by atoms with Crippen molar-refractivity contribution < 1.29 is 44.4 Å². The number of carbonyl (C=O) groups is 3. The third kappa shape index (κ3) is 7.11. The Morgan fingerprint density at radius 1 is 1.13 bits per heavy atom. The fraction of sp³-hybridized carbons (Fsp3) is 0.167. The number of nitrogens with one attached hydrogen (secondary N) is 2. The first kappa shape index (κ1) is 35.1. The van der Waals surface area contributed by atoms with Gasteiger partial charge in [0.05, 0.1) is 18.1 Å². The number of nitrogens with zero attached hydrogens (tertiary/aromatic N) is 7. The van der Waals surface area contributed by atoms with Crippen molar-refractivity contribution in [1.29, 1.82) is 0 Å². The van der Waals surface area contributed by atoms with Crippen LogP contribution in [0.1, 0.15) is 11.5 Å². The van der Waals surface area contributed by atoms with Gasteiger partial charge in [-0.3, -0.25) is 19.3 Å². The molecule has 23 heteroatoms. The number of H-pyrrole nitrogens is 1. The number of hydrogen-bond donors (Lipinski definition) is 7. The number of phenolic OH excluding ortho intramolecular Hbond substituents is 2. The summed E-state index contributed by atoms with van der Waals surface area (Å²) in [5, 5.41) is 51.0. The molecule has 0 unspecified atom stereocenters. The lowest BCUT2D eigenvalue weighted by Crippen LogP contribution is -2.70. The highest BCUT2D eigenvalue weighted by molar-refractivity contribution is 8.01. The maximum absolute atomic E-state index is 13.5. The topological polar surface area (TPSA) is 293 Å². The monoisotopic (exact) mass is 780 g/mol. The van der Waals surface area contributed by atoms with Gasteiger partial charge in [-0.15, -0.1) is 34.9 Å². The summed E-state index contributed by atoms with van der Waals surface area (Å²) in [5.41, 5.74) is 6.62. The van der Waals surface area contributed by atoms with E-state index in [1.165, 1.54) is 41.0 Å². The molecule has 6 heterocycles. The summed E-state index contributed by atoms with van der Waals surface area (Å²) in [4.78, 5) is 71.6. The first-order chi connectivity index (χ1) is 25.5. The number of β-lactam (4-membered cyclic amide) rings is 1. The second kappa shape index (κ2) is 14.4.